The molecule has 1 aromatic heterocycles. The van der Waals surface area contributed by atoms with Gasteiger partial charge in [0.1, 0.15) is 12.1 Å². The Morgan fingerprint density at radius 3 is 2.74 bits per heavy atom. The van der Waals surface area contributed by atoms with E-state index in [9.17, 15) is 14.4 Å². The number of nitrogens with one attached hydrogen (secondary N) is 1. The molecule has 0 bridgehead atoms. The zero-order valence-corrected chi connectivity index (χ0v) is 13.6. The SMILES string of the molecule is CN(Cc1cnn(C)c1)C(=O)CN1C(=O)N[C@@](C)(C2CC2)C1=O. The van der Waals surface area contributed by atoms with Crippen molar-refractivity contribution in [3.05, 3.63) is 18.0 Å². The minimum absolute atomic E-state index is 0.187. The van der Waals surface area contributed by atoms with Crippen LogP contribution in [-0.4, -0.2) is 56.6 Å². The summed E-state index contributed by atoms with van der Waals surface area (Å²) in [6.45, 7) is 1.90. The van der Waals surface area contributed by atoms with Gasteiger partial charge in [-0.2, -0.15) is 5.10 Å². The largest absolute Gasteiger partial charge is 0.340 e. The molecule has 23 heavy (non-hydrogen) atoms. The number of carbonyl (C=O) groups excluding carboxylic acids is 3. The molecule has 0 spiro atoms. The average molecular weight is 319 g/mol. The Morgan fingerprint density at radius 2 is 2.17 bits per heavy atom. The van der Waals surface area contributed by atoms with E-state index in [0.717, 1.165) is 23.3 Å². The van der Waals surface area contributed by atoms with Crippen LogP contribution in [0.15, 0.2) is 12.4 Å². The molecule has 0 aromatic carbocycles. The maximum absolute atomic E-state index is 12.5. The highest BCUT2D eigenvalue weighted by atomic mass is 16.2. The number of aryl methyl sites for hydroxylation is 1. The van der Waals surface area contributed by atoms with Gasteiger partial charge in [-0.15, -0.1) is 0 Å². The van der Waals surface area contributed by atoms with Crippen molar-refractivity contribution in [3.63, 3.8) is 0 Å². The third kappa shape index (κ3) is 2.80. The monoisotopic (exact) mass is 319 g/mol. The number of nitrogens with zero attached hydrogens (tertiary/aromatic N) is 4. The van der Waals surface area contributed by atoms with E-state index in [1.807, 2.05) is 6.20 Å². The predicted molar refractivity (Wildman–Crippen MR) is 81.1 cm³/mol. The number of hydrogen-bond acceptors (Lipinski definition) is 4. The van der Waals surface area contributed by atoms with Crippen LogP contribution >= 0.6 is 0 Å². The van der Waals surface area contributed by atoms with Gasteiger partial charge < -0.3 is 10.2 Å². The van der Waals surface area contributed by atoms with E-state index in [2.05, 4.69) is 10.4 Å². The van der Waals surface area contributed by atoms with E-state index in [0.29, 0.717) is 6.54 Å². The number of carbonyl (C=O) groups is 3. The standard InChI is InChI=1S/C15H21N5O3/c1-15(11-4-5-11)13(22)20(14(23)17-15)9-12(21)18(2)7-10-6-16-19(3)8-10/h6,8,11H,4-5,7,9H2,1-3H3,(H,17,23)/t15-/m0/s1. The zero-order valence-electron chi connectivity index (χ0n) is 13.6. The number of likely N-dealkylation sites (N-methyl/N-ethyl adjacent to an activating group) is 1. The Kier molecular flexibility index (Phi) is 3.62. The molecule has 1 aromatic rings. The first-order chi connectivity index (χ1) is 10.8. The van der Waals surface area contributed by atoms with Crippen molar-refractivity contribution in [3.8, 4) is 0 Å². The molecule has 1 aliphatic heterocycles. The number of aromatic nitrogens is 2. The number of urea groups is 1. The third-order valence-electron chi connectivity index (χ3n) is 4.59. The van der Waals surface area contributed by atoms with Crippen LogP contribution in [0.4, 0.5) is 4.79 Å². The molecule has 8 heteroatoms. The van der Waals surface area contributed by atoms with Crippen molar-refractivity contribution >= 4 is 17.8 Å². The Morgan fingerprint density at radius 1 is 1.48 bits per heavy atom. The van der Waals surface area contributed by atoms with Crippen LogP contribution in [0.1, 0.15) is 25.3 Å². The molecule has 2 heterocycles. The van der Waals surface area contributed by atoms with Crippen LogP contribution < -0.4 is 5.32 Å². The van der Waals surface area contributed by atoms with Crippen molar-refractivity contribution < 1.29 is 14.4 Å². The van der Waals surface area contributed by atoms with Crippen LogP contribution in [0.25, 0.3) is 0 Å². The smallest absolute Gasteiger partial charge is 0.325 e. The lowest BCUT2D eigenvalue weighted by atomic mass is 9.96. The highest BCUT2D eigenvalue weighted by Crippen LogP contribution is 2.42. The van der Waals surface area contributed by atoms with Gasteiger partial charge in [0.2, 0.25) is 5.91 Å². The summed E-state index contributed by atoms with van der Waals surface area (Å²) in [5.74, 6) is -0.391. The van der Waals surface area contributed by atoms with Crippen LogP contribution in [0, 0.1) is 5.92 Å². The molecule has 124 valence electrons. The summed E-state index contributed by atoms with van der Waals surface area (Å²) in [5, 5.41) is 6.79. The van der Waals surface area contributed by atoms with E-state index >= 15 is 0 Å². The molecular formula is C15H21N5O3. The lowest BCUT2D eigenvalue weighted by Crippen LogP contribution is -2.47. The van der Waals surface area contributed by atoms with E-state index in [1.54, 1.807) is 31.9 Å². The summed E-state index contributed by atoms with van der Waals surface area (Å²) in [6.07, 6.45) is 5.37. The van der Waals surface area contributed by atoms with Crippen LogP contribution in [0.2, 0.25) is 0 Å². The molecule has 8 nitrogen and oxygen atoms in total. The molecule has 1 atom stereocenters. The first-order valence-corrected chi connectivity index (χ1v) is 7.67. The minimum Gasteiger partial charge on any atom is -0.340 e. The quantitative estimate of drug-likeness (QED) is 0.780. The van der Waals surface area contributed by atoms with Crippen molar-refractivity contribution in [2.75, 3.05) is 13.6 Å². The van der Waals surface area contributed by atoms with Gasteiger partial charge >= 0.3 is 6.03 Å². The molecule has 0 radical (unpaired) electrons. The van der Waals surface area contributed by atoms with Crippen molar-refractivity contribution in [2.24, 2.45) is 13.0 Å². The Balaban J connectivity index is 1.63. The van der Waals surface area contributed by atoms with E-state index in [4.69, 9.17) is 0 Å². The molecule has 4 amide bonds. The molecular weight excluding hydrogens is 298 g/mol. The second-order valence-electron chi connectivity index (χ2n) is 6.57. The minimum atomic E-state index is -0.848. The van der Waals surface area contributed by atoms with Gasteiger partial charge in [-0.25, -0.2) is 4.79 Å². The molecule has 2 fully saturated rings. The van der Waals surface area contributed by atoms with Gasteiger partial charge in [0.05, 0.1) is 6.20 Å². The highest BCUT2D eigenvalue weighted by Gasteiger charge is 2.56. The van der Waals surface area contributed by atoms with Crippen LogP contribution in [-0.2, 0) is 23.2 Å². The van der Waals surface area contributed by atoms with Crippen LogP contribution in [0.5, 0.6) is 0 Å². The Bertz CT molecular complexity index is 666. The molecule has 1 aliphatic carbocycles. The first-order valence-electron chi connectivity index (χ1n) is 7.67. The summed E-state index contributed by atoms with van der Waals surface area (Å²) < 4.78 is 1.66. The van der Waals surface area contributed by atoms with Gasteiger partial charge in [0.25, 0.3) is 5.91 Å². The number of hydrogen-bond donors (Lipinski definition) is 1. The fourth-order valence-electron chi connectivity index (χ4n) is 2.97. The molecule has 1 N–H and O–H groups in total. The fourth-order valence-corrected chi connectivity index (χ4v) is 2.97. The summed E-state index contributed by atoms with van der Waals surface area (Å²) in [5.41, 5.74) is 0.0441. The van der Waals surface area contributed by atoms with Crippen molar-refractivity contribution in [1.82, 2.24) is 24.9 Å². The normalized spacial score (nSPS) is 24.0. The Labute approximate surface area is 134 Å². The molecule has 3 rings (SSSR count). The maximum atomic E-state index is 12.5. The third-order valence-corrected chi connectivity index (χ3v) is 4.59. The van der Waals surface area contributed by atoms with Crippen LogP contribution in [0.3, 0.4) is 0 Å². The lowest BCUT2D eigenvalue weighted by molar-refractivity contribution is -0.138. The molecule has 0 unspecified atom stereocenters. The predicted octanol–water partition coefficient (Wildman–Crippen LogP) is 0.0990. The second-order valence-corrected chi connectivity index (χ2v) is 6.57. The lowest BCUT2D eigenvalue weighted by Gasteiger charge is -2.22. The van der Waals surface area contributed by atoms with Gasteiger partial charge in [-0.05, 0) is 25.7 Å². The molecule has 1 saturated heterocycles. The maximum Gasteiger partial charge on any atom is 0.325 e. The highest BCUT2D eigenvalue weighted by molar-refractivity contribution is 6.09. The molecule has 2 aliphatic rings. The van der Waals surface area contributed by atoms with Gasteiger partial charge in [-0.1, -0.05) is 0 Å². The summed E-state index contributed by atoms with van der Waals surface area (Å²) in [4.78, 5) is 39.4. The second kappa shape index (κ2) is 5.36. The summed E-state index contributed by atoms with van der Waals surface area (Å²) in [7, 11) is 3.45. The first kappa shape index (κ1) is 15.5. The van der Waals surface area contributed by atoms with Crippen molar-refractivity contribution in [2.45, 2.75) is 31.8 Å². The zero-order chi connectivity index (χ0) is 16.8. The number of imide groups is 1. The van der Waals surface area contributed by atoms with E-state index in [1.165, 1.54) is 4.90 Å². The number of rotatable bonds is 5. The molecule has 1 saturated carbocycles. The van der Waals surface area contributed by atoms with Gasteiger partial charge in [-0.3, -0.25) is 19.2 Å². The Hall–Kier alpha value is -2.38. The fraction of sp³-hybridized carbons (Fsp3) is 0.600. The van der Waals surface area contributed by atoms with Gasteiger partial charge in [0.15, 0.2) is 0 Å². The summed E-state index contributed by atoms with van der Waals surface area (Å²) >= 11 is 0. The summed E-state index contributed by atoms with van der Waals surface area (Å²) in [6, 6.07) is -0.479. The van der Waals surface area contributed by atoms with Crippen molar-refractivity contribution in [1.29, 1.82) is 0 Å². The van der Waals surface area contributed by atoms with E-state index < -0.39 is 11.6 Å². The average Bonchev–Trinajstić information content (AvgIpc) is 3.23. The topological polar surface area (TPSA) is 87.5 Å². The van der Waals surface area contributed by atoms with E-state index in [-0.39, 0.29) is 24.3 Å². The number of amides is 4. The van der Waals surface area contributed by atoms with Gasteiger partial charge in [0, 0.05) is 32.4 Å².